The van der Waals surface area contributed by atoms with Gasteiger partial charge < -0.3 is 26.0 Å². The number of hydrogen-bond acceptors (Lipinski definition) is 5. The molecule has 0 radical (unpaired) electrons. The van der Waals surface area contributed by atoms with E-state index in [1.807, 2.05) is 13.8 Å². The number of hydrogen-bond donors (Lipinski definition) is 4. The maximum Gasteiger partial charge on any atom is 0.407 e. The van der Waals surface area contributed by atoms with Crippen LogP contribution in [0.5, 0.6) is 0 Å². The van der Waals surface area contributed by atoms with Gasteiger partial charge in [-0.3, -0.25) is 4.79 Å². The lowest BCUT2D eigenvalue weighted by molar-refractivity contribution is -0.145. The van der Waals surface area contributed by atoms with E-state index in [1.165, 1.54) is 0 Å². The van der Waals surface area contributed by atoms with Crippen LogP contribution in [0.3, 0.4) is 0 Å². The van der Waals surface area contributed by atoms with E-state index >= 15 is 0 Å². The number of nitrogens with two attached hydrogens (primary N) is 1. The average molecular weight is 344 g/mol. The molecule has 0 heterocycles. The first-order chi connectivity index (χ1) is 11.0. The molecule has 7 nitrogen and oxygen atoms in total. The maximum absolute atomic E-state index is 12.1. The molecule has 0 spiro atoms. The number of carbonyl (C=O) groups is 2. The number of amides is 1. The Labute approximate surface area is 143 Å². The Balaban J connectivity index is 2.96. The van der Waals surface area contributed by atoms with Crippen molar-refractivity contribution >= 4 is 12.1 Å². The zero-order chi connectivity index (χ0) is 18.7. The third kappa shape index (κ3) is 5.08. The van der Waals surface area contributed by atoms with Crippen molar-refractivity contribution in [3.05, 3.63) is 0 Å². The number of rotatable bonds is 6. The van der Waals surface area contributed by atoms with Gasteiger partial charge in [-0.1, -0.05) is 26.7 Å². The molecule has 24 heavy (non-hydrogen) atoms. The Morgan fingerprint density at radius 1 is 1.29 bits per heavy atom. The minimum absolute atomic E-state index is 0.147. The van der Waals surface area contributed by atoms with Gasteiger partial charge in [-0.25, -0.2) is 4.79 Å². The standard InChI is InChI=1S/C17H32N2O5/c1-6-9(7-2)13(18)12-11(8-10(14(12)20)15(21)22)19-16(23)24-17(3,4)5/h9-14,20H,6-8,18H2,1-5H3,(H,19,23)(H,21,22)/t10-,11?,12?,13?,14?/m1/s1. The van der Waals surface area contributed by atoms with E-state index in [9.17, 15) is 19.8 Å². The second-order valence-electron chi connectivity index (χ2n) is 7.66. The molecule has 1 fully saturated rings. The van der Waals surface area contributed by atoms with Gasteiger partial charge in [0, 0.05) is 18.0 Å². The normalized spacial score (nSPS) is 28.7. The van der Waals surface area contributed by atoms with Crippen LogP contribution in [0.1, 0.15) is 53.9 Å². The van der Waals surface area contributed by atoms with Crippen molar-refractivity contribution in [2.75, 3.05) is 0 Å². The second-order valence-corrected chi connectivity index (χ2v) is 7.66. The maximum atomic E-state index is 12.1. The SMILES string of the molecule is CCC(CC)C(N)C1C(NC(=O)OC(C)(C)C)C[C@@H](C(=O)O)C1O. The molecule has 5 N–H and O–H groups in total. The molecule has 1 amide bonds. The van der Waals surface area contributed by atoms with Crippen LogP contribution in [-0.2, 0) is 9.53 Å². The van der Waals surface area contributed by atoms with E-state index in [1.54, 1.807) is 20.8 Å². The largest absolute Gasteiger partial charge is 0.481 e. The summed E-state index contributed by atoms with van der Waals surface area (Å²) in [5, 5.41) is 22.5. The fourth-order valence-electron chi connectivity index (χ4n) is 3.58. The summed E-state index contributed by atoms with van der Waals surface area (Å²) < 4.78 is 5.25. The summed E-state index contributed by atoms with van der Waals surface area (Å²) >= 11 is 0. The molecule has 7 heteroatoms. The summed E-state index contributed by atoms with van der Waals surface area (Å²) in [6, 6.07) is -0.911. The van der Waals surface area contributed by atoms with Crippen molar-refractivity contribution in [2.45, 2.75) is 77.7 Å². The van der Waals surface area contributed by atoms with Crippen LogP contribution >= 0.6 is 0 Å². The fourth-order valence-corrected chi connectivity index (χ4v) is 3.58. The number of alkyl carbamates (subject to hydrolysis) is 1. The molecule has 0 aromatic carbocycles. The van der Waals surface area contributed by atoms with Gasteiger partial charge in [0.1, 0.15) is 5.60 Å². The van der Waals surface area contributed by atoms with E-state index in [0.717, 1.165) is 12.8 Å². The highest BCUT2D eigenvalue weighted by Gasteiger charge is 2.50. The van der Waals surface area contributed by atoms with Gasteiger partial charge in [-0.15, -0.1) is 0 Å². The minimum Gasteiger partial charge on any atom is -0.481 e. The highest BCUT2D eigenvalue weighted by atomic mass is 16.6. The number of carboxylic acids is 1. The van der Waals surface area contributed by atoms with E-state index in [2.05, 4.69) is 5.32 Å². The molecule has 0 aliphatic heterocycles. The van der Waals surface area contributed by atoms with Crippen molar-refractivity contribution < 1.29 is 24.5 Å². The van der Waals surface area contributed by atoms with Crippen molar-refractivity contribution in [1.29, 1.82) is 0 Å². The molecule has 1 rings (SSSR count). The third-order valence-electron chi connectivity index (χ3n) is 4.84. The lowest BCUT2D eigenvalue weighted by atomic mass is 9.81. The van der Waals surface area contributed by atoms with E-state index in [-0.39, 0.29) is 18.4 Å². The predicted octanol–water partition coefficient (Wildman–Crippen LogP) is 1.72. The Hall–Kier alpha value is -1.34. The first-order valence-electron chi connectivity index (χ1n) is 8.67. The summed E-state index contributed by atoms with van der Waals surface area (Å²) in [5.74, 6) is -2.36. The second kappa shape index (κ2) is 8.16. The van der Waals surface area contributed by atoms with Crippen molar-refractivity contribution in [2.24, 2.45) is 23.5 Å². The van der Waals surface area contributed by atoms with Crippen LogP contribution in [-0.4, -0.2) is 46.1 Å². The van der Waals surface area contributed by atoms with Crippen molar-refractivity contribution in [3.63, 3.8) is 0 Å². The van der Waals surface area contributed by atoms with Crippen LogP contribution in [0.2, 0.25) is 0 Å². The Bertz CT molecular complexity index is 445. The Morgan fingerprint density at radius 2 is 1.83 bits per heavy atom. The van der Waals surface area contributed by atoms with Crippen LogP contribution < -0.4 is 11.1 Å². The van der Waals surface area contributed by atoms with E-state index in [4.69, 9.17) is 10.5 Å². The minimum atomic E-state index is -1.09. The first-order valence-corrected chi connectivity index (χ1v) is 8.67. The fraction of sp³-hybridized carbons (Fsp3) is 0.882. The van der Waals surface area contributed by atoms with Gasteiger partial charge in [0.05, 0.1) is 12.0 Å². The molecule has 1 aliphatic carbocycles. The quantitative estimate of drug-likeness (QED) is 0.582. The number of aliphatic hydroxyl groups excluding tert-OH is 1. The molecule has 0 aromatic rings. The molecule has 0 bridgehead atoms. The number of carboxylic acid groups (broad SMARTS) is 1. The van der Waals surface area contributed by atoms with Crippen LogP contribution in [0.25, 0.3) is 0 Å². The molecular weight excluding hydrogens is 312 g/mol. The predicted molar refractivity (Wildman–Crippen MR) is 90.4 cm³/mol. The van der Waals surface area contributed by atoms with Crippen LogP contribution in [0, 0.1) is 17.8 Å². The van der Waals surface area contributed by atoms with E-state index in [0.29, 0.717) is 0 Å². The number of aliphatic hydroxyl groups is 1. The lowest BCUT2D eigenvalue weighted by Gasteiger charge is -2.33. The summed E-state index contributed by atoms with van der Waals surface area (Å²) in [4.78, 5) is 23.5. The van der Waals surface area contributed by atoms with Gasteiger partial charge in [-0.2, -0.15) is 0 Å². The average Bonchev–Trinajstić information content (AvgIpc) is 2.74. The summed E-state index contributed by atoms with van der Waals surface area (Å²) in [6.45, 7) is 9.29. The monoisotopic (exact) mass is 344 g/mol. The van der Waals surface area contributed by atoms with Crippen molar-refractivity contribution in [3.8, 4) is 0 Å². The topological polar surface area (TPSA) is 122 Å². The molecule has 0 saturated heterocycles. The van der Waals surface area contributed by atoms with E-state index < -0.39 is 41.6 Å². The Kier molecular flexibility index (Phi) is 7.04. The summed E-state index contributed by atoms with van der Waals surface area (Å²) in [6.07, 6.45) is 0.106. The van der Waals surface area contributed by atoms with Gasteiger partial charge in [0.2, 0.25) is 0 Å². The number of nitrogens with one attached hydrogen (secondary N) is 1. The number of carbonyl (C=O) groups excluding carboxylic acids is 1. The van der Waals surface area contributed by atoms with Crippen molar-refractivity contribution in [1.82, 2.24) is 5.32 Å². The first kappa shape index (κ1) is 20.7. The molecule has 0 aromatic heterocycles. The van der Waals surface area contributed by atoms with Crippen LogP contribution in [0.15, 0.2) is 0 Å². The molecule has 140 valence electrons. The molecular formula is C17H32N2O5. The summed E-state index contributed by atoms with van der Waals surface area (Å²) in [5.41, 5.74) is 5.69. The van der Waals surface area contributed by atoms with Gasteiger partial charge in [0.25, 0.3) is 0 Å². The highest BCUT2D eigenvalue weighted by molar-refractivity contribution is 5.72. The molecule has 1 aliphatic rings. The van der Waals surface area contributed by atoms with Crippen LogP contribution in [0.4, 0.5) is 4.79 Å². The zero-order valence-corrected chi connectivity index (χ0v) is 15.3. The molecule has 5 atom stereocenters. The lowest BCUT2D eigenvalue weighted by Crippen LogP contribution is -2.51. The van der Waals surface area contributed by atoms with Gasteiger partial charge in [-0.05, 0) is 33.1 Å². The highest BCUT2D eigenvalue weighted by Crippen LogP contribution is 2.37. The van der Waals surface area contributed by atoms with Gasteiger partial charge in [0.15, 0.2) is 0 Å². The smallest absolute Gasteiger partial charge is 0.407 e. The number of aliphatic carboxylic acids is 1. The number of ether oxygens (including phenoxy) is 1. The third-order valence-corrected chi connectivity index (χ3v) is 4.84. The van der Waals surface area contributed by atoms with Gasteiger partial charge >= 0.3 is 12.1 Å². The Morgan fingerprint density at radius 3 is 2.25 bits per heavy atom. The zero-order valence-electron chi connectivity index (χ0n) is 15.3. The molecule has 4 unspecified atom stereocenters. The summed E-state index contributed by atoms with van der Waals surface area (Å²) in [7, 11) is 0. The molecule has 1 saturated carbocycles.